The normalized spacial score (nSPS) is 17.1. The minimum Gasteiger partial charge on any atom is -0.355 e. The summed E-state index contributed by atoms with van der Waals surface area (Å²) in [4.78, 5) is 27.4. The van der Waals surface area contributed by atoms with Crippen LogP contribution in [-0.2, 0) is 9.59 Å². The summed E-state index contributed by atoms with van der Waals surface area (Å²) in [5.41, 5.74) is 6.59. The van der Waals surface area contributed by atoms with Crippen LogP contribution in [0.4, 0.5) is 0 Å². The van der Waals surface area contributed by atoms with Crippen molar-refractivity contribution < 1.29 is 9.59 Å². The predicted octanol–water partition coefficient (Wildman–Crippen LogP) is 1.82. The third kappa shape index (κ3) is 6.00. The zero-order valence-electron chi connectivity index (χ0n) is 14.0. The summed E-state index contributed by atoms with van der Waals surface area (Å²) in [7, 11) is 0. The minimum atomic E-state index is -0.109. The summed E-state index contributed by atoms with van der Waals surface area (Å²) in [6.45, 7) is 4.24. The van der Waals surface area contributed by atoms with Crippen molar-refractivity contribution in [1.29, 1.82) is 0 Å². The molecular formula is C17H26ClN3O2S. The van der Waals surface area contributed by atoms with Gasteiger partial charge in [-0.25, -0.2) is 0 Å². The lowest BCUT2D eigenvalue weighted by molar-refractivity contribution is -0.133. The molecule has 2 rings (SSSR count). The average molecular weight is 372 g/mol. The van der Waals surface area contributed by atoms with E-state index >= 15 is 0 Å². The van der Waals surface area contributed by atoms with Crippen LogP contribution in [0.1, 0.15) is 18.4 Å². The van der Waals surface area contributed by atoms with Crippen molar-refractivity contribution in [3.05, 3.63) is 29.8 Å². The van der Waals surface area contributed by atoms with Crippen molar-refractivity contribution in [2.75, 3.05) is 31.9 Å². The van der Waals surface area contributed by atoms with E-state index in [-0.39, 0.29) is 30.1 Å². The summed E-state index contributed by atoms with van der Waals surface area (Å²) in [5.74, 6) is 0.430. The fourth-order valence-corrected chi connectivity index (χ4v) is 3.64. The lowest BCUT2D eigenvalue weighted by Gasteiger charge is -2.32. The third-order valence-corrected chi connectivity index (χ3v) is 5.19. The number of rotatable bonds is 6. The number of carbonyl (C=O) groups is 2. The monoisotopic (exact) mass is 371 g/mol. The molecule has 1 saturated heterocycles. The Morgan fingerprint density at radius 2 is 2.12 bits per heavy atom. The quantitative estimate of drug-likeness (QED) is 0.748. The van der Waals surface area contributed by atoms with Gasteiger partial charge < -0.3 is 16.0 Å². The number of thioether (sulfide) groups is 1. The molecule has 24 heavy (non-hydrogen) atoms. The molecular weight excluding hydrogens is 346 g/mol. The Bertz CT molecular complexity index is 556. The molecule has 7 heteroatoms. The third-order valence-electron chi connectivity index (χ3n) is 4.03. The molecule has 5 nitrogen and oxygen atoms in total. The van der Waals surface area contributed by atoms with Crippen molar-refractivity contribution >= 4 is 36.0 Å². The number of benzene rings is 1. The first-order valence-electron chi connectivity index (χ1n) is 8.05. The maximum absolute atomic E-state index is 12.4. The molecule has 1 atom stereocenters. The number of halogens is 1. The van der Waals surface area contributed by atoms with Gasteiger partial charge in [-0.3, -0.25) is 9.59 Å². The molecule has 1 unspecified atom stereocenters. The number of aryl methyl sites for hydroxylation is 1. The van der Waals surface area contributed by atoms with Crippen LogP contribution in [0.5, 0.6) is 0 Å². The number of hydrogen-bond acceptors (Lipinski definition) is 4. The summed E-state index contributed by atoms with van der Waals surface area (Å²) < 4.78 is 0. The first kappa shape index (κ1) is 20.8. The van der Waals surface area contributed by atoms with E-state index < -0.39 is 0 Å². The highest BCUT2D eigenvalue weighted by Crippen LogP contribution is 2.23. The van der Waals surface area contributed by atoms with E-state index in [1.165, 1.54) is 5.56 Å². The van der Waals surface area contributed by atoms with Gasteiger partial charge >= 0.3 is 0 Å². The Hall–Kier alpha value is -1.24. The van der Waals surface area contributed by atoms with E-state index in [1.54, 1.807) is 11.8 Å². The van der Waals surface area contributed by atoms with Crippen molar-refractivity contribution in [2.24, 2.45) is 11.7 Å². The fourth-order valence-electron chi connectivity index (χ4n) is 2.71. The van der Waals surface area contributed by atoms with Gasteiger partial charge in [0.2, 0.25) is 11.8 Å². The Morgan fingerprint density at radius 3 is 2.83 bits per heavy atom. The lowest BCUT2D eigenvalue weighted by Crippen LogP contribution is -2.46. The molecule has 0 spiro atoms. The van der Waals surface area contributed by atoms with Crippen molar-refractivity contribution in [3.63, 3.8) is 0 Å². The van der Waals surface area contributed by atoms with Gasteiger partial charge in [-0.2, -0.15) is 0 Å². The van der Waals surface area contributed by atoms with Gasteiger partial charge in [-0.15, -0.1) is 24.2 Å². The Morgan fingerprint density at radius 1 is 1.38 bits per heavy atom. The second-order valence-electron chi connectivity index (χ2n) is 5.81. The van der Waals surface area contributed by atoms with Gasteiger partial charge in [-0.1, -0.05) is 18.2 Å². The predicted molar refractivity (Wildman–Crippen MR) is 101 cm³/mol. The number of carbonyl (C=O) groups excluding carboxylic acids is 2. The number of hydrogen-bond donors (Lipinski definition) is 2. The standard InChI is InChI=1S/C17H25N3O2S.ClH/c1-13-5-2-3-7-15(13)23-12-16(21)20-10-4-6-14(11-20)17(22)19-9-8-18;/h2-3,5,7,14H,4,6,8-12,18H2,1H3,(H,19,22);1H. The molecule has 1 aliphatic rings. The fraction of sp³-hybridized carbons (Fsp3) is 0.529. The van der Waals surface area contributed by atoms with Gasteiger partial charge in [0.1, 0.15) is 0 Å². The molecule has 1 aromatic rings. The van der Waals surface area contributed by atoms with Gasteiger partial charge in [0.25, 0.3) is 0 Å². The second kappa shape index (κ2) is 10.6. The summed E-state index contributed by atoms with van der Waals surface area (Å²) in [6, 6.07) is 8.06. The summed E-state index contributed by atoms with van der Waals surface area (Å²) >= 11 is 1.56. The number of nitrogens with zero attached hydrogens (tertiary/aromatic N) is 1. The minimum absolute atomic E-state index is 0. The molecule has 134 valence electrons. The molecule has 0 radical (unpaired) electrons. The average Bonchev–Trinajstić information content (AvgIpc) is 2.58. The van der Waals surface area contributed by atoms with E-state index in [1.807, 2.05) is 36.1 Å². The first-order chi connectivity index (χ1) is 11.1. The molecule has 1 aromatic carbocycles. The largest absolute Gasteiger partial charge is 0.355 e. The molecule has 3 N–H and O–H groups in total. The first-order valence-corrected chi connectivity index (χ1v) is 9.04. The van der Waals surface area contributed by atoms with Crippen molar-refractivity contribution in [1.82, 2.24) is 10.2 Å². The maximum Gasteiger partial charge on any atom is 0.232 e. The molecule has 2 amide bonds. The van der Waals surface area contributed by atoms with Gasteiger partial charge in [-0.05, 0) is 31.4 Å². The van der Waals surface area contributed by atoms with Crippen LogP contribution in [0.3, 0.4) is 0 Å². The lowest BCUT2D eigenvalue weighted by atomic mass is 9.97. The van der Waals surface area contributed by atoms with E-state index in [0.717, 1.165) is 24.3 Å². The number of amides is 2. The molecule has 0 saturated carbocycles. The number of piperidine rings is 1. The number of nitrogens with two attached hydrogens (primary N) is 1. The topological polar surface area (TPSA) is 75.4 Å². The highest BCUT2D eigenvalue weighted by atomic mass is 35.5. The zero-order chi connectivity index (χ0) is 16.7. The summed E-state index contributed by atoms with van der Waals surface area (Å²) in [5, 5.41) is 2.82. The van der Waals surface area contributed by atoms with Crippen LogP contribution < -0.4 is 11.1 Å². The van der Waals surface area contributed by atoms with E-state index in [4.69, 9.17) is 5.73 Å². The number of nitrogens with one attached hydrogen (secondary N) is 1. The smallest absolute Gasteiger partial charge is 0.232 e. The summed E-state index contributed by atoms with van der Waals surface area (Å²) in [6.07, 6.45) is 1.71. The van der Waals surface area contributed by atoms with E-state index in [0.29, 0.717) is 25.4 Å². The van der Waals surface area contributed by atoms with Gasteiger partial charge in [0.15, 0.2) is 0 Å². The molecule has 0 aliphatic carbocycles. The Labute approximate surface area is 154 Å². The SMILES string of the molecule is Cc1ccccc1SCC(=O)N1CCCC(C(=O)NCCN)C1.Cl. The molecule has 0 aromatic heterocycles. The number of likely N-dealkylation sites (tertiary alicyclic amines) is 1. The van der Waals surface area contributed by atoms with Crippen LogP contribution in [0.15, 0.2) is 29.2 Å². The molecule has 1 heterocycles. The van der Waals surface area contributed by atoms with E-state index in [2.05, 4.69) is 5.32 Å². The van der Waals surface area contributed by atoms with Crippen LogP contribution in [-0.4, -0.2) is 48.6 Å². The van der Waals surface area contributed by atoms with Crippen molar-refractivity contribution in [3.8, 4) is 0 Å². The second-order valence-corrected chi connectivity index (χ2v) is 6.83. The Balaban J connectivity index is 0.00000288. The molecule has 1 aliphatic heterocycles. The van der Waals surface area contributed by atoms with Crippen LogP contribution >= 0.6 is 24.2 Å². The molecule has 1 fully saturated rings. The van der Waals surface area contributed by atoms with E-state index in [9.17, 15) is 9.59 Å². The molecule has 0 bridgehead atoms. The Kier molecular flexibility index (Phi) is 9.18. The van der Waals surface area contributed by atoms with Gasteiger partial charge in [0, 0.05) is 31.1 Å². The van der Waals surface area contributed by atoms with Crippen LogP contribution in [0.2, 0.25) is 0 Å². The highest BCUT2D eigenvalue weighted by molar-refractivity contribution is 8.00. The van der Waals surface area contributed by atoms with Crippen LogP contribution in [0.25, 0.3) is 0 Å². The van der Waals surface area contributed by atoms with Crippen molar-refractivity contribution in [2.45, 2.75) is 24.7 Å². The maximum atomic E-state index is 12.4. The highest BCUT2D eigenvalue weighted by Gasteiger charge is 2.28. The van der Waals surface area contributed by atoms with Gasteiger partial charge in [0.05, 0.1) is 11.7 Å². The van der Waals surface area contributed by atoms with Crippen LogP contribution in [0, 0.1) is 12.8 Å². The zero-order valence-corrected chi connectivity index (χ0v) is 15.6.